The molecule has 3 rings (SSSR count). The molecular formula is C17H19NO3. The second-order valence-electron chi connectivity index (χ2n) is 5.33. The third kappa shape index (κ3) is 3.45. The summed E-state index contributed by atoms with van der Waals surface area (Å²) in [4.78, 5) is 14.0. The zero-order valence-corrected chi connectivity index (χ0v) is 11.9. The molecule has 1 saturated heterocycles. The molecule has 0 spiro atoms. The first kappa shape index (κ1) is 13.7. The van der Waals surface area contributed by atoms with Crippen LogP contribution in [0.15, 0.2) is 53.1 Å². The number of hydrogen-bond donors (Lipinski definition) is 0. The highest BCUT2D eigenvalue weighted by Gasteiger charge is 2.27. The molecule has 0 radical (unpaired) electrons. The summed E-state index contributed by atoms with van der Waals surface area (Å²) < 4.78 is 10.9. The number of furan rings is 1. The van der Waals surface area contributed by atoms with Crippen molar-refractivity contribution in [3.8, 4) is 5.75 Å². The molecule has 1 fully saturated rings. The normalized spacial score (nSPS) is 17.9. The third-order valence-electron chi connectivity index (χ3n) is 3.84. The van der Waals surface area contributed by atoms with E-state index < -0.39 is 0 Å². The molecule has 1 unspecified atom stereocenters. The minimum Gasteiger partial charge on any atom is -0.494 e. The van der Waals surface area contributed by atoms with Crippen LogP contribution >= 0.6 is 0 Å². The predicted octanol–water partition coefficient (Wildman–Crippen LogP) is 3.21. The van der Waals surface area contributed by atoms with Crippen molar-refractivity contribution < 1.29 is 13.9 Å². The van der Waals surface area contributed by atoms with Crippen LogP contribution < -0.4 is 4.74 Å². The molecule has 1 atom stereocenters. The highest BCUT2D eigenvalue weighted by molar-refractivity contribution is 5.91. The van der Waals surface area contributed by atoms with E-state index >= 15 is 0 Å². The number of likely N-dealkylation sites (tertiary alicyclic amines) is 1. The summed E-state index contributed by atoms with van der Waals surface area (Å²) in [7, 11) is 0. The van der Waals surface area contributed by atoms with Crippen LogP contribution in [0.5, 0.6) is 5.75 Å². The number of rotatable bonds is 5. The van der Waals surface area contributed by atoms with Crippen LogP contribution in [0, 0.1) is 5.92 Å². The van der Waals surface area contributed by atoms with Gasteiger partial charge >= 0.3 is 0 Å². The van der Waals surface area contributed by atoms with Gasteiger partial charge in [0.15, 0.2) is 5.76 Å². The lowest BCUT2D eigenvalue weighted by atomic mass is 10.1. The number of benzene rings is 1. The number of carbonyl (C=O) groups excluding carboxylic acids is 1. The van der Waals surface area contributed by atoms with E-state index in [0.717, 1.165) is 31.7 Å². The van der Waals surface area contributed by atoms with Gasteiger partial charge in [-0.3, -0.25) is 4.79 Å². The molecule has 1 aliphatic rings. The van der Waals surface area contributed by atoms with E-state index in [1.807, 2.05) is 35.2 Å². The molecule has 1 aliphatic heterocycles. The Balaban J connectivity index is 1.44. The Labute approximate surface area is 124 Å². The van der Waals surface area contributed by atoms with Gasteiger partial charge in [-0.1, -0.05) is 18.2 Å². The Morgan fingerprint density at radius 2 is 2.10 bits per heavy atom. The number of carbonyl (C=O) groups is 1. The summed E-state index contributed by atoms with van der Waals surface area (Å²) >= 11 is 0. The molecule has 1 amide bonds. The van der Waals surface area contributed by atoms with E-state index in [0.29, 0.717) is 18.3 Å². The molecule has 0 saturated carbocycles. The maximum atomic E-state index is 12.1. The molecule has 1 aromatic heterocycles. The fourth-order valence-electron chi connectivity index (χ4n) is 2.67. The van der Waals surface area contributed by atoms with Gasteiger partial charge < -0.3 is 14.1 Å². The molecule has 2 aromatic rings. The van der Waals surface area contributed by atoms with Crippen LogP contribution in [-0.4, -0.2) is 30.5 Å². The van der Waals surface area contributed by atoms with Gasteiger partial charge in [-0.15, -0.1) is 0 Å². The lowest BCUT2D eigenvalue weighted by Gasteiger charge is -2.15. The van der Waals surface area contributed by atoms with Crippen molar-refractivity contribution in [3.05, 3.63) is 54.5 Å². The minimum atomic E-state index is -0.00789. The van der Waals surface area contributed by atoms with Gasteiger partial charge in [0.2, 0.25) is 0 Å². The highest BCUT2D eigenvalue weighted by Crippen LogP contribution is 2.22. The van der Waals surface area contributed by atoms with Crippen LogP contribution in [-0.2, 0) is 0 Å². The SMILES string of the molecule is O=C(c1ccco1)N1CCC(CCOc2ccccc2)C1. The lowest BCUT2D eigenvalue weighted by molar-refractivity contribution is 0.0753. The van der Waals surface area contributed by atoms with Crippen LogP contribution in [0.4, 0.5) is 0 Å². The van der Waals surface area contributed by atoms with Gasteiger partial charge in [-0.2, -0.15) is 0 Å². The van der Waals surface area contributed by atoms with E-state index in [-0.39, 0.29) is 5.91 Å². The van der Waals surface area contributed by atoms with Gasteiger partial charge in [0, 0.05) is 13.1 Å². The Morgan fingerprint density at radius 3 is 2.86 bits per heavy atom. The smallest absolute Gasteiger partial charge is 0.289 e. The Morgan fingerprint density at radius 1 is 1.24 bits per heavy atom. The summed E-state index contributed by atoms with van der Waals surface area (Å²) in [5.74, 6) is 1.83. The lowest BCUT2D eigenvalue weighted by Crippen LogP contribution is -2.28. The van der Waals surface area contributed by atoms with Crippen molar-refractivity contribution in [2.75, 3.05) is 19.7 Å². The first-order valence-electron chi connectivity index (χ1n) is 7.33. The largest absolute Gasteiger partial charge is 0.494 e. The van der Waals surface area contributed by atoms with E-state index in [9.17, 15) is 4.79 Å². The van der Waals surface area contributed by atoms with Gasteiger partial charge in [-0.25, -0.2) is 0 Å². The van der Waals surface area contributed by atoms with Gasteiger partial charge in [0.25, 0.3) is 5.91 Å². The predicted molar refractivity (Wildman–Crippen MR) is 79.3 cm³/mol. The molecule has 0 aliphatic carbocycles. The zero-order chi connectivity index (χ0) is 14.5. The Bertz CT molecular complexity index is 565. The second-order valence-corrected chi connectivity index (χ2v) is 5.33. The molecular weight excluding hydrogens is 266 g/mol. The van der Waals surface area contributed by atoms with Gasteiger partial charge in [0.1, 0.15) is 5.75 Å². The molecule has 1 aromatic carbocycles. The number of nitrogens with zero attached hydrogens (tertiary/aromatic N) is 1. The summed E-state index contributed by atoms with van der Waals surface area (Å²) in [6.45, 7) is 2.28. The number of amides is 1. The first-order valence-corrected chi connectivity index (χ1v) is 7.33. The van der Waals surface area contributed by atoms with Gasteiger partial charge in [-0.05, 0) is 43.0 Å². The van der Waals surface area contributed by atoms with E-state index in [1.54, 1.807) is 12.1 Å². The Kier molecular flexibility index (Phi) is 4.24. The molecule has 4 heteroatoms. The fraction of sp³-hybridized carbons (Fsp3) is 0.353. The van der Waals surface area contributed by atoms with Crippen molar-refractivity contribution in [2.45, 2.75) is 12.8 Å². The standard InChI is InChI=1S/C17H19NO3/c19-17(16-7-4-11-21-16)18-10-8-14(13-18)9-12-20-15-5-2-1-3-6-15/h1-7,11,14H,8-10,12-13H2. The maximum absolute atomic E-state index is 12.1. The average molecular weight is 285 g/mol. The van der Waals surface area contributed by atoms with E-state index in [4.69, 9.17) is 9.15 Å². The number of ether oxygens (including phenoxy) is 1. The molecule has 4 nitrogen and oxygen atoms in total. The van der Waals surface area contributed by atoms with Crippen molar-refractivity contribution in [3.63, 3.8) is 0 Å². The summed E-state index contributed by atoms with van der Waals surface area (Å²) in [6, 6.07) is 13.3. The molecule has 21 heavy (non-hydrogen) atoms. The number of hydrogen-bond acceptors (Lipinski definition) is 3. The Hall–Kier alpha value is -2.23. The third-order valence-corrected chi connectivity index (χ3v) is 3.84. The molecule has 110 valence electrons. The maximum Gasteiger partial charge on any atom is 0.289 e. The molecule has 0 N–H and O–H groups in total. The average Bonchev–Trinajstić information content (AvgIpc) is 3.19. The molecule has 0 bridgehead atoms. The van der Waals surface area contributed by atoms with Crippen LogP contribution in [0.3, 0.4) is 0 Å². The van der Waals surface area contributed by atoms with Crippen LogP contribution in [0.25, 0.3) is 0 Å². The zero-order valence-electron chi connectivity index (χ0n) is 11.9. The van der Waals surface area contributed by atoms with Crippen molar-refractivity contribution >= 4 is 5.91 Å². The van der Waals surface area contributed by atoms with Crippen molar-refractivity contribution in [1.29, 1.82) is 0 Å². The highest BCUT2D eigenvalue weighted by atomic mass is 16.5. The first-order chi connectivity index (χ1) is 10.3. The van der Waals surface area contributed by atoms with E-state index in [2.05, 4.69) is 0 Å². The van der Waals surface area contributed by atoms with Crippen molar-refractivity contribution in [2.24, 2.45) is 5.92 Å². The number of para-hydroxylation sites is 1. The van der Waals surface area contributed by atoms with Crippen LogP contribution in [0.2, 0.25) is 0 Å². The molecule has 2 heterocycles. The van der Waals surface area contributed by atoms with E-state index in [1.165, 1.54) is 6.26 Å². The second kappa shape index (κ2) is 6.48. The minimum absolute atomic E-state index is 0.00789. The summed E-state index contributed by atoms with van der Waals surface area (Å²) in [6.07, 6.45) is 3.54. The fourth-order valence-corrected chi connectivity index (χ4v) is 2.67. The van der Waals surface area contributed by atoms with Crippen molar-refractivity contribution in [1.82, 2.24) is 4.90 Å². The topological polar surface area (TPSA) is 42.7 Å². The quantitative estimate of drug-likeness (QED) is 0.847. The monoisotopic (exact) mass is 285 g/mol. The summed E-state index contributed by atoms with van der Waals surface area (Å²) in [5.41, 5.74) is 0. The van der Waals surface area contributed by atoms with Gasteiger partial charge in [0.05, 0.1) is 12.9 Å². The summed E-state index contributed by atoms with van der Waals surface area (Å²) in [5, 5.41) is 0. The van der Waals surface area contributed by atoms with Crippen LogP contribution in [0.1, 0.15) is 23.4 Å².